The van der Waals surface area contributed by atoms with Crippen LogP contribution in [0.15, 0.2) is 56.3 Å². The maximum absolute atomic E-state index is 12.5. The molecule has 4 rings (SSSR count). The number of fused-ring (bicyclic) bond motifs is 3. The molecule has 1 atom stereocenters. The predicted octanol–water partition coefficient (Wildman–Crippen LogP) is 3.13. The molecule has 1 unspecified atom stereocenters. The number of Topliss-reactive ketones (excluding diaryl/α,β-unsaturated/α-hetero) is 1. The van der Waals surface area contributed by atoms with Crippen molar-refractivity contribution in [3.05, 3.63) is 64.4 Å². The first-order valence-corrected chi connectivity index (χ1v) is 6.62. The second-order valence-electron chi connectivity index (χ2n) is 4.99. The molecule has 0 spiro atoms. The largest absolute Gasteiger partial charge is 0.467 e. The number of carbonyl (C=O) groups is 1. The fraction of sp³-hybridized carbons (Fsp3) is 0.125. The lowest BCUT2D eigenvalue weighted by molar-refractivity contribution is 0.0970. The second-order valence-corrected chi connectivity index (χ2v) is 4.99. The summed E-state index contributed by atoms with van der Waals surface area (Å²) in [5.74, 6) is 0.735. The zero-order chi connectivity index (χ0) is 14.4. The summed E-state index contributed by atoms with van der Waals surface area (Å²) in [5.41, 5.74) is 1.30. The van der Waals surface area contributed by atoms with Crippen molar-refractivity contribution >= 4 is 22.4 Å². The van der Waals surface area contributed by atoms with Gasteiger partial charge in [0.05, 0.1) is 17.9 Å². The first kappa shape index (κ1) is 12.0. The second kappa shape index (κ2) is 4.34. The zero-order valence-electron chi connectivity index (χ0n) is 11.0. The molecule has 104 valence electrons. The quantitative estimate of drug-likeness (QED) is 0.694. The first-order valence-electron chi connectivity index (χ1n) is 6.62. The van der Waals surface area contributed by atoms with E-state index in [1.165, 1.54) is 6.07 Å². The number of hydrogen-bond acceptors (Lipinski definition) is 5. The van der Waals surface area contributed by atoms with Crippen molar-refractivity contribution in [3.63, 3.8) is 0 Å². The summed E-state index contributed by atoms with van der Waals surface area (Å²) in [6, 6.07) is 9.88. The van der Waals surface area contributed by atoms with Crippen LogP contribution in [0.4, 0.5) is 5.69 Å². The summed E-state index contributed by atoms with van der Waals surface area (Å²) in [7, 11) is 0. The van der Waals surface area contributed by atoms with Gasteiger partial charge in [-0.25, -0.2) is 4.79 Å². The summed E-state index contributed by atoms with van der Waals surface area (Å²) in [5, 5.41) is 3.96. The van der Waals surface area contributed by atoms with Crippen LogP contribution in [0.25, 0.3) is 11.0 Å². The average molecular weight is 281 g/mol. The third-order valence-electron chi connectivity index (χ3n) is 3.69. The molecule has 0 saturated carbocycles. The molecule has 3 heterocycles. The number of benzene rings is 1. The lowest BCUT2D eigenvalue weighted by Crippen LogP contribution is -2.22. The highest BCUT2D eigenvalue weighted by molar-refractivity contribution is 6.13. The van der Waals surface area contributed by atoms with Crippen molar-refractivity contribution in [1.82, 2.24) is 0 Å². The van der Waals surface area contributed by atoms with E-state index < -0.39 is 5.63 Å². The van der Waals surface area contributed by atoms with Gasteiger partial charge in [0.25, 0.3) is 0 Å². The van der Waals surface area contributed by atoms with Crippen LogP contribution < -0.4 is 10.9 Å². The Kier molecular flexibility index (Phi) is 2.47. The molecule has 1 aromatic carbocycles. The van der Waals surface area contributed by atoms with Gasteiger partial charge in [0.2, 0.25) is 0 Å². The van der Waals surface area contributed by atoms with Crippen molar-refractivity contribution in [3.8, 4) is 0 Å². The molecule has 0 radical (unpaired) electrons. The minimum Gasteiger partial charge on any atom is -0.467 e. The Balaban J connectivity index is 1.87. The highest BCUT2D eigenvalue weighted by atomic mass is 16.4. The van der Waals surface area contributed by atoms with Gasteiger partial charge >= 0.3 is 5.63 Å². The van der Waals surface area contributed by atoms with E-state index in [4.69, 9.17) is 8.83 Å². The van der Waals surface area contributed by atoms with Gasteiger partial charge in [0.15, 0.2) is 5.78 Å². The van der Waals surface area contributed by atoms with Crippen molar-refractivity contribution in [2.45, 2.75) is 12.5 Å². The van der Waals surface area contributed by atoms with Gasteiger partial charge in [-0.3, -0.25) is 4.79 Å². The van der Waals surface area contributed by atoms with Crippen molar-refractivity contribution in [2.24, 2.45) is 0 Å². The molecule has 1 aliphatic heterocycles. The normalized spacial score (nSPS) is 17.5. The summed E-state index contributed by atoms with van der Waals surface area (Å²) in [6.45, 7) is 0. The van der Waals surface area contributed by atoms with Gasteiger partial charge in [-0.2, -0.15) is 0 Å². The molecule has 0 aliphatic carbocycles. The standard InChI is InChI=1S/C16H11NO4/c18-12-8-11(14-2-1-7-20-14)17-10-4-5-13-9(16(10)12)3-6-15(19)21-13/h1-7,11,17H,8H2. The summed E-state index contributed by atoms with van der Waals surface area (Å²) >= 11 is 0. The number of anilines is 1. The lowest BCUT2D eigenvalue weighted by atomic mass is 9.92. The van der Waals surface area contributed by atoms with E-state index in [2.05, 4.69) is 5.32 Å². The Morgan fingerprint density at radius 3 is 2.81 bits per heavy atom. The van der Waals surface area contributed by atoms with Crippen molar-refractivity contribution < 1.29 is 13.6 Å². The van der Waals surface area contributed by atoms with Gasteiger partial charge in [0, 0.05) is 23.6 Å². The van der Waals surface area contributed by atoms with Gasteiger partial charge < -0.3 is 14.2 Å². The molecule has 21 heavy (non-hydrogen) atoms. The van der Waals surface area contributed by atoms with E-state index in [0.717, 1.165) is 11.4 Å². The maximum atomic E-state index is 12.5. The molecule has 1 aliphatic rings. The number of ketones is 1. The van der Waals surface area contributed by atoms with Crippen LogP contribution in [0, 0.1) is 0 Å². The fourth-order valence-electron chi connectivity index (χ4n) is 2.76. The van der Waals surface area contributed by atoms with E-state index in [0.29, 0.717) is 23.0 Å². The highest BCUT2D eigenvalue weighted by Crippen LogP contribution is 2.36. The molecule has 0 amide bonds. The van der Waals surface area contributed by atoms with Crippen LogP contribution in [0.5, 0.6) is 0 Å². The average Bonchev–Trinajstić information content (AvgIpc) is 3.00. The van der Waals surface area contributed by atoms with Crippen LogP contribution in [0.2, 0.25) is 0 Å². The number of furan rings is 1. The minimum atomic E-state index is -0.424. The topological polar surface area (TPSA) is 72.5 Å². The van der Waals surface area contributed by atoms with Gasteiger partial charge in [0.1, 0.15) is 11.3 Å². The fourth-order valence-corrected chi connectivity index (χ4v) is 2.76. The monoisotopic (exact) mass is 281 g/mol. The summed E-state index contributed by atoms with van der Waals surface area (Å²) in [6.07, 6.45) is 1.89. The molecule has 2 aromatic heterocycles. The van der Waals surface area contributed by atoms with E-state index in [-0.39, 0.29) is 11.8 Å². The van der Waals surface area contributed by atoms with Crippen LogP contribution >= 0.6 is 0 Å². The van der Waals surface area contributed by atoms with E-state index in [9.17, 15) is 9.59 Å². The number of nitrogens with one attached hydrogen (secondary N) is 1. The molecule has 0 saturated heterocycles. The van der Waals surface area contributed by atoms with Crippen molar-refractivity contribution in [2.75, 3.05) is 5.32 Å². The maximum Gasteiger partial charge on any atom is 0.336 e. The lowest BCUT2D eigenvalue weighted by Gasteiger charge is -2.25. The predicted molar refractivity (Wildman–Crippen MR) is 76.5 cm³/mol. The Morgan fingerprint density at radius 2 is 2.00 bits per heavy atom. The molecular weight excluding hydrogens is 270 g/mol. The highest BCUT2D eigenvalue weighted by Gasteiger charge is 2.29. The molecule has 5 heteroatoms. The molecule has 0 bridgehead atoms. The van der Waals surface area contributed by atoms with Crippen LogP contribution in [0.3, 0.4) is 0 Å². The Bertz CT molecular complexity index is 892. The van der Waals surface area contributed by atoms with Crippen molar-refractivity contribution in [1.29, 1.82) is 0 Å². The zero-order valence-corrected chi connectivity index (χ0v) is 11.0. The minimum absolute atomic E-state index is 0.00426. The number of rotatable bonds is 1. The van der Waals surface area contributed by atoms with Gasteiger partial charge in [-0.1, -0.05) is 0 Å². The third kappa shape index (κ3) is 1.86. The van der Waals surface area contributed by atoms with E-state index in [1.54, 1.807) is 30.5 Å². The van der Waals surface area contributed by atoms with E-state index in [1.807, 2.05) is 6.07 Å². The summed E-state index contributed by atoms with van der Waals surface area (Å²) < 4.78 is 10.5. The Morgan fingerprint density at radius 1 is 1.10 bits per heavy atom. The first-order chi connectivity index (χ1) is 10.2. The smallest absolute Gasteiger partial charge is 0.336 e. The van der Waals surface area contributed by atoms with Crippen LogP contribution in [-0.2, 0) is 0 Å². The van der Waals surface area contributed by atoms with Gasteiger partial charge in [-0.05, 0) is 30.3 Å². The number of hydrogen-bond donors (Lipinski definition) is 1. The van der Waals surface area contributed by atoms with Crippen LogP contribution in [0.1, 0.15) is 28.6 Å². The molecule has 0 fully saturated rings. The Hall–Kier alpha value is -2.82. The Labute approximate surface area is 119 Å². The van der Waals surface area contributed by atoms with E-state index >= 15 is 0 Å². The number of carbonyl (C=O) groups excluding carboxylic acids is 1. The third-order valence-corrected chi connectivity index (χ3v) is 3.69. The molecule has 1 N–H and O–H groups in total. The van der Waals surface area contributed by atoms with Gasteiger partial charge in [-0.15, -0.1) is 0 Å². The SMILES string of the molecule is O=C1CC(c2ccco2)Nc2ccc3oc(=O)ccc3c21. The molecule has 3 aromatic rings. The molecule has 5 nitrogen and oxygen atoms in total. The summed E-state index contributed by atoms with van der Waals surface area (Å²) in [4.78, 5) is 23.7. The van der Waals surface area contributed by atoms with Crippen LogP contribution in [-0.4, -0.2) is 5.78 Å². The molecular formula is C16H11NO4.